The van der Waals surface area contributed by atoms with Gasteiger partial charge in [-0.2, -0.15) is 0 Å². The van der Waals surface area contributed by atoms with E-state index < -0.39 is 18.0 Å². The van der Waals surface area contributed by atoms with E-state index in [2.05, 4.69) is 5.32 Å². The molecular weight excluding hydrogens is 401 g/mol. The summed E-state index contributed by atoms with van der Waals surface area (Å²) in [6.07, 6.45) is -1.05. The number of nitrogens with one attached hydrogen (secondary N) is 1. The Labute approximate surface area is 166 Å². The third-order valence-electron chi connectivity index (χ3n) is 3.30. The summed E-state index contributed by atoms with van der Waals surface area (Å²) in [5.41, 5.74) is 1.26. The zero-order valence-electron chi connectivity index (χ0n) is 14.0. The minimum absolute atomic E-state index is 0.318. The molecule has 0 saturated carbocycles. The number of hydrogen-bond donors (Lipinski definition) is 1. The first-order valence-electron chi connectivity index (χ1n) is 7.60. The first-order valence-corrected chi connectivity index (χ1v) is 8.74. The van der Waals surface area contributed by atoms with E-state index in [4.69, 9.17) is 44.3 Å². The van der Waals surface area contributed by atoms with Crippen molar-refractivity contribution < 1.29 is 19.1 Å². The van der Waals surface area contributed by atoms with Gasteiger partial charge in [0.15, 0.2) is 12.7 Å². The van der Waals surface area contributed by atoms with Gasteiger partial charge >= 0.3 is 5.97 Å². The quantitative estimate of drug-likeness (QED) is 0.680. The van der Waals surface area contributed by atoms with Crippen molar-refractivity contribution in [2.24, 2.45) is 0 Å². The molecule has 0 aliphatic carbocycles. The maximum absolute atomic E-state index is 12.1. The average Bonchev–Trinajstić information content (AvgIpc) is 2.58. The molecule has 2 aromatic rings. The first kappa shape index (κ1) is 20.4. The van der Waals surface area contributed by atoms with Crippen LogP contribution in [0.15, 0.2) is 36.4 Å². The summed E-state index contributed by atoms with van der Waals surface area (Å²) in [6.45, 7) is 2.93. The second kappa shape index (κ2) is 9.12. The van der Waals surface area contributed by atoms with Crippen LogP contribution in [0.2, 0.25) is 15.1 Å². The van der Waals surface area contributed by atoms with Gasteiger partial charge in [0.05, 0.1) is 15.7 Å². The molecule has 0 aliphatic rings. The molecule has 0 fully saturated rings. The molecule has 8 heteroatoms. The lowest BCUT2D eigenvalue weighted by atomic mass is 10.2. The summed E-state index contributed by atoms with van der Waals surface area (Å²) in [6, 6.07) is 9.84. The van der Waals surface area contributed by atoms with E-state index in [1.165, 1.54) is 13.0 Å². The van der Waals surface area contributed by atoms with E-state index in [0.29, 0.717) is 26.5 Å². The van der Waals surface area contributed by atoms with Gasteiger partial charge in [-0.15, -0.1) is 0 Å². The minimum Gasteiger partial charge on any atom is -0.480 e. The summed E-state index contributed by atoms with van der Waals surface area (Å²) in [5, 5.41) is 3.66. The van der Waals surface area contributed by atoms with Crippen molar-refractivity contribution in [3.8, 4) is 5.75 Å². The summed E-state index contributed by atoms with van der Waals surface area (Å²) in [7, 11) is 0. The Morgan fingerprint density at radius 2 is 1.77 bits per heavy atom. The Bertz CT molecular complexity index is 826. The smallest absolute Gasteiger partial charge is 0.344 e. The summed E-state index contributed by atoms with van der Waals surface area (Å²) >= 11 is 17.8. The van der Waals surface area contributed by atoms with Crippen LogP contribution in [-0.4, -0.2) is 24.6 Å². The van der Waals surface area contributed by atoms with Gasteiger partial charge in [-0.25, -0.2) is 4.79 Å². The van der Waals surface area contributed by atoms with Crippen molar-refractivity contribution >= 4 is 52.4 Å². The standard InChI is InChI=1S/C18H16Cl3NO4/c1-10-3-5-14(21)16(7-10)25-9-17(23)26-11(2)18(24)22-15-8-12(19)4-6-13(15)20/h3-8,11H,9H2,1-2H3,(H,22,24). The van der Waals surface area contributed by atoms with Gasteiger partial charge < -0.3 is 14.8 Å². The van der Waals surface area contributed by atoms with Gasteiger partial charge in [-0.05, 0) is 49.7 Å². The molecule has 5 nitrogen and oxygen atoms in total. The molecule has 1 N–H and O–H groups in total. The molecule has 138 valence electrons. The number of aryl methyl sites for hydroxylation is 1. The van der Waals surface area contributed by atoms with Gasteiger partial charge in [-0.1, -0.05) is 40.9 Å². The fourth-order valence-electron chi connectivity index (χ4n) is 1.97. The Kier molecular flexibility index (Phi) is 7.14. The summed E-state index contributed by atoms with van der Waals surface area (Å²) in [4.78, 5) is 24.0. The number of hydrogen-bond acceptors (Lipinski definition) is 4. The monoisotopic (exact) mass is 415 g/mol. The lowest BCUT2D eigenvalue weighted by molar-refractivity contribution is -0.155. The molecule has 1 atom stereocenters. The lowest BCUT2D eigenvalue weighted by Gasteiger charge is -2.15. The zero-order chi connectivity index (χ0) is 19.3. The number of halogens is 3. The lowest BCUT2D eigenvalue weighted by Crippen LogP contribution is -2.31. The fourth-order valence-corrected chi connectivity index (χ4v) is 2.48. The minimum atomic E-state index is -1.05. The number of amides is 1. The molecule has 0 heterocycles. The van der Waals surface area contributed by atoms with E-state index in [-0.39, 0.29) is 6.61 Å². The molecular formula is C18H16Cl3NO4. The van der Waals surface area contributed by atoms with E-state index in [1.54, 1.807) is 24.3 Å². The van der Waals surface area contributed by atoms with Crippen molar-refractivity contribution in [2.45, 2.75) is 20.0 Å². The molecule has 0 aliphatic heterocycles. The number of carbonyl (C=O) groups excluding carboxylic acids is 2. The summed E-state index contributed by atoms with van der Waals surface area (Å²) in [5.74, 6) is -0.884. The van der Waals surface area contributed by atoms with Gasteiger partial charge in [-0.3, -0.25) is 4.79 Å². The Balaban J connectivity index is 1.88. The van der Waals surface area contributed by atoms with E-state index >= 15 is 0 Å². The Morgan fingerprint density at radius 3 is 2.50 bits per heavy atom. The van der Waals surface area contributed by atoms with Crippen LogP contribution in [0.3, 0.4) is 0 Å². The molecule has 26 heavy (non-hydrogen) atoms. The second-order valence-corrected chi connectivity index (χ2v) is 6.72. The largest absolute Gasteiger partial charge is 0.480 e. The third-order valence-corrected chi connectivity index (χ3v) is 4.17. The van der Waals surface area contributed by atoms with Crippen molar-refractivity contribution in [3.05, 3.63) is 57.0 Å². The van der Waals surface area contributed by atoms with Crippen molar-refractivity contribution in [3.63, 3.8) is 0 Å². The highest BCUT2D eigenvalue weighted by atomic mass is 35.5. The average molecular weight is 417 g/mol. The maximum Gasteiger partial charge on any atom is 0.344 e. The number of carbonyl (C=O) groups is 2. The van der Waals surface area contributed by atoms with Crippen LogP contribution in [0.1, 0.15) is 12.5 Å². The number of ether oxygens (including phenoxy) is 2. The van der Waals surface area contributed by atoms with Crippen LogP contribution in [0.25, 0.3) is 0 Å². The van der Waals surface area contributed by atoms with E-state index in [1.807, 2.05) is 13.0 Å². The molecule has 0 radical (unpaired) electrons. The second-order valence-electron chi connectivity index (χ2n) is 5.47. The maximum atomic E-state index is 12.1. The number of benzene rings is 2. The third kappa shape index (κ3) is 5.80. The van der Waals surface area contributed by atoms with Gasteiger partial charge in [0.2, 0.25) is 0 Å². The van der Waals surface area contributed by atoms with E-state index in [0.717, 1.165) is 5.56 Å². The van der Waals surface area contributed by atoms with Crippen LogP contribution >= 0.6 is 34.8 Å². The van der Waals surface area contributed by atoms with Gasteiger partial charge in [0.25, 0.3) is 5.91 Å². The van der Waals surface area contributed by atoms with Crippen molar-refractivity contribution in [1.82, 2.24) is 0 Å². The van der Waals surface area contributed by atoms with Gasteiger partial charge in [0, 0.05) is 5.02 Å². The predicted molar refractivity (Wildman–Crippen MR) is 102 cm³/mol. The molecule has 1 unspecified atom stereocenters. The Hall–Kier alpha value is -1.95. The fraction of sp³-hybridized carbons (Fsp3) is 0.222. The SMILES string of the molecule is Cc1ccc(Cl)c(OCC(=O)OC(C)C(=O)Nc2cc(Cl)ccc2Cl)c1. The van der Waals surface area contributed by atoms with Crippen molar-refractivity contribution in [1.29, 1.82) is 0 Å². The van der Waals surface area contributed by atoms with Crippen LogP contribution in [-0.2, 0) is 14.3 Å². The van der Waals surface area contributed by atoms with Crippen LogP contribution in [0.4, 0.5) is 5.69 Å². The molecule has 1 amide bonds. The highest BCUT2D eigenvalue weighted by molar-refractivity contribution is 6.35. The summed E-state index contributed by atoms with van der Waals surface area (Å²) < 4.78 is 10.4. The molecule has 0 saturated heterocycles. The highest BCUT2D eigenvalue weighted by Crippen LogP contribution is 2.26. The molecule has 2 aromatic carbocycles. The molecule has 0 bridgehead atoms. The molecule has 0 aromatic heterocycles. The number of rotatable bonds is 6. The van der Waals surface area contributed by atoms with Crippen LogP contribution in [0.5, 0.6) is 5.75 Å². The van der Waals surface area contributed by atoms with E-state index in [9.17, 15) is 9.59 Å². The molecule has 2 rings (SSSR count). The highest BCUT2D eigenvalue weighted by Gasteiger charge is 2.19. The number of anilines is 1. The number of esters is 1. The van der Waals surface area contributed by atoms with Gasteiger partial charge in [0.1, 0.15) is 5.75 Å². The van der Waals surface area contributed by atoms with Crippen LogP contribution < -0.4 is 10.1 Å². The first-order chi connectivity index (χ1) is 12.3. The van der Waals surface area contributed by atoms with Crippen LogP contribution in [0, 0.1) is 6.92 Å². The topological polar surface area (TPSA) is 64.6 Å². The molecule has 0 spiro atoms. The predicted octanol–water partition coefficient (Wildman–Crippen LogP) is 4.90. The van der Waals surface area contributed by atoms with Crippen molar-refractivity contribution in [2.75, 3.05) is 11.9 Å². The zero-order valence-corrected chi connectivity index (χ0v) is 16.3. The Morgan fingerprint density at radius 1 is 1.08 bits per heavy atom. The normalized spacial score (nSPS) is 11.6.